The first-order valence-corrected chi connectivity index (χ1v) is 37.9. The van der Waals surface area contributed by atoms with Gasteiger partial charge in [0.25, 0.3) is 0 Å². The molecule has 0 saturated heterocycles. The summed E-state index contributed by atoms with van der Waals surface area (Å²) in [5.74, 6) is 3.64. The lowest BCUT2D eigenvalue weighted by molar-refractivity contribution is 0.669. The molecule has 0 fully saturated rings. The first-order valence-electron chi connectivity index (χ1n) is 37.1. The molecule has 0 aliphatic heterocycles. The number of benzene rings is 18. The molecule has 510 valence electrons. The van der Waals surface area contributed by atoms with E-state index in [1.807, 2.05) is 90.2 Å². The average Bonchev–Trinajstić information content (AvgIpc) is 0.860. The predicted molar refractivity (Wildman–Crippen MR) is 458 cm³/mol. The molecule has 22 aromatic rings. The van der Waals surface area contributed by atoms with E-state index in [1.54, 1.807) is 0 Å². The fourth-order valence-corrected chi connectivity index (χ4v) is 17.8. The third-order valence-corrected chi connectivity index (χ3v) is 23.1. The van der Waals surface area contributed by atoms with E-state index in [0.29, 0.717) is 34.9 Å². The molecule has 0 atom stereocenters. The average molecular weight is 1420 g/mol. The van der Waals surface area contributed by atoms with E-state index in [0.717, 1.165) is 88.7 Å². The van der Waals surface area contributed by atoms with Crippen molar-refractivity contribution in [2.24, 2.45) is 0 Å². The van der Waals surface area contributed by atoms with Gasteiger partial charge in [-0.3, -0.25) is 0 Å². The van der Waals surface area contributed by atoms with Gasteiger partial charge in [-0.15, -0.1) is 11.3 Å². The van der Waals surface area contributed by atoms with Crippen LogP contribution < -0.4 is 0 Å². The summed E-state index contributed by atoms with van der Waals surface area (Å²) in [6.45, 7) is 0. The van der Waals surface area contributed by atoms with E-state index in [-0.39, 0.29) is 0 Å². The second-order valence-electron chi connectivity index (χ2n) is 28.4. The van der Waals surface area contributed by atoms with E-state index in [4.69, 9.17) is 34.3 Å². The summed E-state index contributed by atoms with van der Waals surface area (Å²) in [5, 5.41) is 19.3. The highest BCUT2D eigenvalue weighted by Gasteiger charge is 2.22. The standard InChI is InChI=1S/C102H60N6OS/c1-4-21-61(22-5-1)97-103-98(62-23-6-2-7-24-62)105-100(104-97)72-31-17-29-66(54-72)64-27-16-28-65(53-64)69-44-50-83-90-57-68(47-52-93(90)110-94(83)60-69)67-43-48-81-87-42-19-39-75(95(87)85-38-15-13-36-80(85)88(81)56-67)70-30-18-32-73(55-70)101-106-99(63-25-8-3-9-26-63)107-102(108-101)74-45-49-82-89-58-71(46-51-91(89)109-92(82)59-74)76-40-20-41-86-79-34-11-10-33-77(79)78-35-12-14-37-84(78)96(76)86/h1-60H. The highest BCUT2D eigenvalue weighted by molar-refractivity contribution is 7.25. The largest absolute Gasteiger partial charge is 0.456 e. The summed E-state index contributed by atoms with van der Waals surface area (Å²) in [6, 6.07) is 130. The molecule has 8 heteroatoms. The van der Waals surface area contributed by atoms with Gasteiger partial charge in [0.1, 0.15) is 11.2 Å². The molecule has 0 bridgehead atoms. The molecule has 0 aliphatic rings. The van der Waals surface area contributed by atoms with Gasteiger partial charge in [-0.05, 0) is 187 Å². The zero-order valence-electron chi connectivity index (χ0n) is 59.1. The maximum atomic E-state index is 6.73. The topological polar surface area (TPSA) is 90.5 Å². The third-order valence-electron chi connectivity index (χ3n) is 21.9. The zero-order chi connectivity index (χ0) is 72.3. The van der Waals surface area contributed by atoms with Crippen LogP contribution in [0.15, 0.2) is 368 Å². The minimum absolute atomic E-state index is 0.560. The molecule has 4 heterocycles. The Morgan fingerprint density at radius 1 is 0.164 bits per heavy atom. The number of fused-ring (bicyclic) bond motifs is 18. The van der Waals surface area contributed by atoms with Gasteiger partial charge in [0.05, 0.1) is 0 Å². The third kappa shape index (κ3) is 10.7. The molecular formula is C102H60N6OS. The maximum Gasteiger partial charge on any atom is 0.164 e. The van der Waals surface area contributed by atoms with Gasteiger partial charge >= 0.3 is 0 Å². The fraction of sp³-hybridized carbons (Fsp3) is 0. The van der Waals surface area contributed by atoms with Crippen LogP contribution in [-0.4, -0.2) is 29.9 Å². The van der Waals surface area contributed by atoms with E-state index in [2.05, 4.69) is 285 Å². The van der Waals surface area contributed by atoms with Gasteiger partial charge in [0.2, 0.25) is 0 Å². The summed E-state index contributed by atoms with van der Waals surface area (Å²) in [4.78, 5) is 30.8. The second kappa shape index (κ2) is 25.7. The molecule has 0 aliphatic carbocycles. The molecule has 0 amide bonds. The van der Waals surface area contributed by atoms with Crippen molar-refractivity contribution in [1.29, 1.82) is 0 Å². The van der Waals surface area contributed by atoms with Crippen LogP contribution in [-0.2, 0) is 0 Å². The Bertz CT molecular complexity index is 7410. The van der Waals surface area contributed by atoms with E-state index in [9.17, 15) is 0 Å². The number of nitrogens with zero attached hydrogens (tertiary/aromatic N) is 6. The van der Waals surface area contributed by atoms with Crippen LogP contribution in [0.3, 0.4) is 0 Å². The lowest BCUT2D eigenvalue weighted by Crippen LogP contribution is -2.00. The number of hydrogen-bond donors (Lipinski definition) is 0. The summed E-state index contributed by atoms with van der Waals surface area (Å²) < 4.78 is 9.24. The van der Waals surface area contributed by atoms with Crippen molar-refractivity contribution in [1.82, 2.24) is 29.9 Å². The summed E-state index contributed by atoms with van der Waals surface area (Å²) in [6.07, 6.45) is 0. The van der Waals surface area contributed by atoms with Crippen LogP contribution in [0.5, 0.6) is 0 Å². The molecular weight excluding hydrogens is 1360 g/mol. The Hall–Kier alpha value is -14.4. The molecule has 4 aromatic heterocycles. The lowest BCUT2D eigenvalue weighted by Gasteiger charge is -2.16. The summed E-state index contributed by atoms with van der Waals surface area (Å²) in [7, 11) is 0. The molecule has 0 spiro atoms. The van der Waals surface area contributed by atoms with Crippen LogP contribution in [0.1, 0.15) is 0 Å². The van der Waals surface area contributed by atoms with Crippen LogP contribution in [0.2, 0.25) is 0 Å². The van der Waals surface area contributed by atoms with Gasteiger partial charge in [0, 0.05) is 64.3 Å². The van der Waals surface area contributed by atoms with Crippen LogP contribution in [0.25, 0.3) is 231 Å². The molecule has 0 saturated carbocycles. The molecule has 18 aromatic carbocycles. The maximum absolute atomic E-state index is 6.73. The fourth-order valence-electron chi connectivity index (χ4n) is 16.7. The molecule has 0 radical (unpaired) electrons. The number of furan rings is 1. The summed E-state index contributed by atoms with van der Waals surface area (Å²) >= 11 is 1.85. The quantitative estimate of drug-likeness (QED) is 0.119. The van der Waals surface area contributed by atoms with Gasteiger partial charge in [-0.1, -0.05) is 297 Å². The molecule has 0 unspecified atom stereocenters. The second-order valence-corrected chi connectivity index (χ2v) is 29.4. The minimum Gasteiger partial charge on any atom is -0.456 e. The van der Waals surface area contributed by atoms with Crippen molar-refractivity contribution in [3.05, 3.63) is 364 Å². The Labute approximate surface area is 636 Å². The van der Waals surface area contributed by atoms with Crippen LogP contribution >= 0.6 is 11.3 Å². The number of thiophene rings is 1. The highest BCUT2D eigenvalue weighted by Crippen LogP contribution is 2.47. The van der Waals surface area contributed by atoms with Gasteiger partial charge in [-0.2, -0.15) is 0 Å². The first kappa shape index (κ1) is 62.9. The van der Waals surface area contributed by atoms with Crippen molar-refractivity contribution >= 4 is 118 Å². The lowest BCUT2D eigenvalue weighted by atomic mass is 9.88. The van der Waals surface area contributed by atoms with Crippen molar-refractivity contribution in [3.63, 3.8) is 0 Å². The van der Waals surface area contributed by atoms with Gasteiger partial charge in [-0.25, -0.2) is 29.9 Å². The van der Waals surface area contributed by atoms with Gasteiger partial charge < -0.3 is 4.42 Å². The minimum atomic E-state index is 0.560. The predicted octanol–water partition coefficient (Wildman–Crippen LogP) is 27.6. The molecule has 0 N–H and O–H groups in total. The van der Waals surface area contributed by atoms with Crippen molar-refractivity contribution in [3.8, 4) is 124 Å². The zero-order valence-corrected chi connectivity index (χ0v) is 60.0. The Morgan fingerprint density at radius 3 is 1.02 bits per heavy atom. The van der Waals surface area contributed by atoms with Gasteiger partial charge in [0.15, 0.2) is 34.9 Å². The van der Waals surface area contributed by atoms with Crippen LogP contribution in [0.4, 0.5) is 0 Å². The normalized spacial score (nSPS) is 11.8. The van der Waals surface area contributed by atoms with E-state index >= 15 is 0 Å². The van der Waals surface area contributed by atoms with Crippen molar-refractivity contribution in [2.45, 2.75) is 0 Å². The van der Waals surface area contributed by atoms with Crippen molar-refractivity contribution in [2.75, 3.05) is 0 Å². The molecule has 22 rings (SSSR count). The van der Waals surface area contributed by atoms with Crippen LogP contribution in [0, 0.1) is 0 Å². The number of hydrogen-bond acceptors (Lipinski definition) is 8. The number of aromatic nitrogens is 6. The number of rotatable bonds is 11. The van der Waals surface area contributed by atoms with Crippen molar-refractivity contribution < 1.29 is 4.42 Å². The van der Waals surface area contributed by atoms with E-state index < -0.39 is 0 Å². The SMILES string of the molecule is c1ccc(-c2nc(-c3ccccc3)nc(-c3cccc(-c4cccc(-c5ccc6c(c5)sc5ccc(-c7ccc8c(c7)c7ccccc7c7c(-c9cccc(-c%10nc(-c%11ccccc%11)nc(-c%11ccc%12c(c%11)oc%11ccc(-c%13cccc%14c%15ccccc%15c%15ccccc%15c%13%14)cc%11%12)n%10)c9)cccc87)cc56)c4)c3)n2)cc1. The molecule has 7 nitrogen and oxygen atoms in total. The smallest absolute Gasteiger partial charge is 0.164 e. The first-order chi connectivity index (χ1) is 54.5. The Balaban J connectivity index is 0.577. The highest BCUT2D eigenvalue weighted by atomic mass is 32.1. The molecule has 110 heavy (non-hydrogen) atoms. The Kier molecular flexibility index (Phi) is 14.7. The van der Waals surface area contributed by atoms with E-state index in [1.165, 1.54) is 107 Å². The Morgan fingerprint density at radius 2 is 0.482 bits per heavy atom. The summed E-state index contributed by atoms with van der Waals surface area (Å²) in [5.41, 5.74) is 18.4. The monoisotopic (exact) mass is 1420 g/mol.